The maximum absolute atomic E-state index is 10.8. The largest absolute Gasteiger partial charge is 0.364 e. The first-order valence-electron chi connectivity index (χ1n) is 3.98. The highest BCUT2D eigenvalue weighted by molar-refractivity contribution is 5.90. The van der Waals surface area contributed by atoms with Crippen molar-refractivity contribution in [2.75, 3.05) is 5.32 Å². The summed E-state index contributed by atoms with van der Waals surface area (Å²) in [5, 5.41) is 2.87. The van der Waals surface area contributed by atoms with Gasteiger partial charge >= 0.3 is 0 Å². The molecule has 1 aromatic rings. The second kappa shape index (κ2) is 4.23. The number of nitrogens with one attached hydrogen (secondary N) is 1. The van der Waals surface area contributed by atoms with Crippen LogP contribution in [0.4, 0.5) is 5.82 Å². The van der Waals surface area contributed by atoms with Crippen LogP contribution in [0.1, 0.15) is 17.4 Å². The van der Waals surface area contributed by atoms with Crippen LogP contribution < -0.4 is 11.1 Å². The number of terminal acetylenes is 1. The van der Waals surface area contributed by atoms with E-state index in [1.165, 1.54) is 12.4 Å². The van der Waals surface area contributed by atoms with Gasteiger partial charge in [0, 0.05) is 0 Å². The number of aromatic nitrogens is 2. The number of hydrogen-bond acceptors (Lipinski definition) is 4. The minimum absolute atomic E-state index is 0.110. The minimum atomic E-state index is -0.616. The topological polar surface area (TPSA) is 80.9 Å². The van der Waals surface area contributed by atoms with Crippen molar-refractivity contribution in [3.8, 4) is 12.3 Å². The molecule has 0 aliphatic rings. The van der Waals surface area contributed by atoms with Crippen LogP contribution in [0.2, 0.25) is 0 Å². The summed E-state index contributed by atoms with van der Waals surface area (Å²) in [6, 6.07) is -0.174. The SMILES string of the molecule is C#CC(C)Nc1cncc(C(N)=O)n1. The van der Waals surface area contributed by atoms with Gasteiger partial charge in [-0.15, -0.1) is 6.42 Å². The van der Waals surface area contributed by atoms with E-state index in [1.807, 2.05) is 0 Å². The van der Waals surface area contributed by atoms with E-state index in [4.69, 9.17) is 12.2 Å². The van der Waals surface area contributed by atoms with Crippen LogP contribution in [0.3, 0.4) is 0 Å². The Morgan fingerprint density at radius 2 is 2.43 bits per heavy atom. The van der Waals surface area contributed by atoms with E-state index in [0.717, 1.165) is 0 Å². The van der Waals surface area contributed by atoms with Gasteiger partial charge in [-0.05, 0) is 6.92 Å². The Labute approximate surface area is 81.7 Å². The Kier molecular flexibility index (Phi) is 3.02. The van der Waals surface area contributed by atoms with Crippen molar-refractivity contribution in [3.63, 3.8) is 0 Å². The number of carbonyl (C=O) groups is 1. The predicted octanol–water partition coefficient (Wildman–Crippen LogP) is 0.00910. The van der Waals surface area contributed by atoms with Crippen LogP contribution in [0.5, 0.6) is 0 Å². The van der Waals surface area contributed by atoms with Crippen LogP contribution in [0, 0.1) is 12.3 Å². The first kappa shape index (κ1) is 9.99. The monoisotopic (exact) mass is 190 g/mol. The third-order valence-corrected chi connectivity index (χ3v) is 1.50. The summed E-state index contributed by atoms with van der Waals surface area (Å²) in [5.41, 5.74) is 5.15. The van der Waals surface area contributed by atoms with Crippen molar-refractivity contribution in [3.05, 3.63) is 18.1 Å². The molecule has 0 radical (unpaired) electrons. The van der Waals surface area contributed by atoms with Gasteiger partial charge in [-0.25, -0.2) is 4.98 Å². The molecule has 0 fully saturated rings. The smallest absolute Gasteiger partial charge is 0.268 e. The molecule has 72 valence electrons. The second-order valence-corrected chi connectivity index (χ2v) is 2.69. The number of amides is 1. The fourth-order valence-corrected chi connectivity index (χ4v) is 0.818. The molecule has 1 aromatic heterocycles. The molecule has 0 saturated heterocycles. The quantitative estimate of drug-likeness (QED) is 0.658. The van der Waals surface area contributed by atoms with E-state index in [9.17, 15) is 4.79 Å². The lowest BCUT2D eigenvalue weighted by Gasteiger charge is -2.07. The molecule has 0 aromatic carbocycles. The summed E-state index contributed by atoms with van der Waals surface area (Å²) < 4.78 is 0. The highest BCUT2D eigenvalue weighted by Gasteiger charge is 2.04. The Bertz CT molecular complexity index is 383. The van der Waals surface area contributed by atoms with Gasteiger partial charge in [0.25, 0.3) is 5.91 Å². The van der Waals surface area contributed by atoms with Gasteiger partial charge in [-0.1, -0.05) is 5.92 Å². The van der Waals surface area contributed by atoms with Gasteiger partial charge in [-0.3, -0.25) is 9.78 Å². The molecule has 5 nitrogen and oxygen atoms in total. The van der Waals surface area contributed by atoms with E-state index >= 15 is 0 Å². The molecule has 0 spiro atoms. The number of anilines is 1. The normalized spacial score (nSPS) is 11.4. The van der Waals surface area contributed by atoms with E-state index in [0.29, 0.717) is 5.82 Å². The van der Waals surface area contributed by atoms with Crippen LogP contribution in [-0.2, 0) is 0 Å². The lowest BCUT2D eigenvalue weighted by atomic mass is 10.3. The average Bonchev–Trinajstić information content (AvgIpc) is 2.18. The van der Waals surface area contributed by atoms with E-state index in [-0.39, 0.29) is 11.7 Å². The summed E-state index contributed by atoms with van der Waals surface area (Å²) in [5.74, 6) is 2.29. The Morgan fingerprint density at radius 3 is 3.00 bits per heavy atom. The van der Waals surface area contributed by atoms with Crippen LogP contribution in [0.25, 0.3) is 0 Å². The molecule has 1 heterocycles. The summed E-state index contributed by atoms with van der Waals surface area (Å²) in [6.07, 6.45) is 7.94. The molecule has 1 amide bonds. The summed E-state index contributed by atoms with van der Waals surface area (Å²) in [6.45, 7) is 1.79. The van der Waals surface area contributed by atoms with Gasteiger partial charge in [0.1, 0.15) is 11.5 Å². The molecule has 5 heteroatoms. The van der Waals surface area contributed by atoms with Gasteiger partial charge < -0.3 is 11.1 Å². The highest BCUT2D eigenvalue weighted by atomic mass is 16.1. The molecular formula is C9H10N4O. The maximum atomic E-state index is 10.8. The third kappa shape index (κ3) is 2.45. The van der Waals surface area contributed by atoms with Crippen molar-refractivity contribution in [1.29, 1.82) is 0 Å². The molecule has 1 atom stereocenters. The van der Waals surface area contributed by atoms with Crippen molar-refractivity contribution < 1.29 is 4.79 Å². The lowest BCUT2D eigenvalue weighted by Crippen LogP contribution is -2.17. The lowest BCUT2D eigenvalue weighted by molar-refractivity contribution is 0.0995. The van der Waals surface area contributed by atoms with Gasteiger partial charge in [0.15, 0.2) is 0 Å². The standard InChI is InChI=1S/C9H10N4O/c1-3-6(2)12-8-5-11-4-7(13-8)9(10)14/h1,4-6H,2H3,(H2,10,14)(H,12,13). The van der Waals surface area contributed by atoms with Crippen molar-refractivity contribution >= 4 is 11.7 Å². The summed E-state index contributed by atoms with van der Waals surface area (Å²) in [7, 11) is 0. The second-order valence-electron chi connectivity index (χ2n) is 2.69. The molecule has 14 heavy (non-hydrogen) atoms. The molecule has 0 aliphatic carbocycles. The Balaban J connectivity index is 2.85. The number of nitrogens with two attached hydrogens (primary N) is 1. The molecular weight excluding hydrogens is 180 g/mol. The first-order chi connectivity index (χ1) is 6.63. The predicted molar refractivity (Wildman–Crippen MR) is 52.5 cm³/mol. The molecule has 1 unspecified atom stereocenters. The van der Waals surface area contributed by atoms with Gasteiger partial charge in [0.05, 0.1) is 18.4 Å². The number of rotatable bonds is 3. The van der Waals surface area contributed by atoms with Crippen molar-refractivity contribution in [2.45, 2.75) is 13.0 Å². The number of nitrogens with zero attached hydrogens (tertiary/aromatic N) is 2. The molecule has 0 aliphatic heterocycles. The summed E-state index contributed by atoms with van der Waals surface area (Å²) in [4.78, 5) is 18.5. The fraction of sp³-hybridized carbons (Fsp3) is 0.222. The molecule has 3 N–H and O–H groups in total. The number of hydrogen-bond donors (Lipinski definition) is 2. The zero-order valence-electron chi connectivity index (χ0n) is 7.69. The molecule has 0 bridgehead atoms. The molecule has 1 rings (SSSR count). The number of carbonyl (C=O) groups excluding carboxylic acids is 1. The van der Waals surface area contributed by atoms with Crippen molar-refractivity contribution in [1.82, 2.24) is 9.97 Å². The average molecular weight is 190 g/mol. The summed E-state index contributed by atoms with van der Waals surface area (Å²) >= 11 is 0. The Hall–Kier alpha value is -2.09. The van der Waals surface area contributed by atoms with Crippen LogP contribution in [0.15, 0.2) is 12.4 Å². The third-order valence-electron chi connectivity index (χ3n) is 1.50. The fourth-order valence-electron chi connectivity index (χ4n) is 0.818. The number of primary amides is 1. The zero-order valence-corrected chi connectivity index (χ0v) is 7.69. The van der Waals surface area contributed by atoms with Gasteiger partial charge in [-0.2, -0.15) is 0 Å². The maximum Gasteiger partial charge on any atom is 0.268 e. The van der Waals surface area contributed by atoms with Crippen LogP contribution in [-0.4, -0.2) is 21.9 Å². The van der Waals surface area contributed by atoms with E-state index < -0.39 is 5.91 Å². The van der Waals surface area contributed by atoms with E-state index in [1.54, 1.807) is 6.92 Å². The zero-order chi connectivity index (χ0) is 10.6. The molecule has 0 saturated carbocycles. The first-order valence-corrected chi connectivity index (χ1v) is 3.98. The minimum Gasteiger partial charge on any atom is -0.364 e. The van der Waals surface area contributed by atoms with Crippen molar-refractivity contribution in [2.24, 2.45) is 5.73 Å². The Morgan fingerprint density at radius 1 is 1.71 bits per heavy atom. The van der Waals surface area contributed by atoms with Gasteiger partial charge in [0.2, 0.25) is 0 Å². The van der Waals surface area contributed by atoms with Crippen LogP contribution >= 0.6 is 0 Å². The highest BCUT2D eigenvalue weighted by Crippen LogP contribution is 2.02. The van der Waals surface area contributed by atoms with E-state index in [2.05, 4.69) is 21.2 Å².